The van der Waals surface area contributed by atoms with Crippen molar-refractivity contribution in [1.82, 2.24) is 9.80 Å². The summed E-state index contributed by atoms with van der Waals surface area (Å²) in [6.07, 6.45) is 4.39. The fourth-order valence-electron chi connectivity index (χ4n) is 1.99. The molecule has 0 spiro atoms. The zero-order valence-electron chi connectivity index (χ0n) is 9.69. The third kappa shape index (κ3) is 3.33. The average molecular weight is 234 g/mol. The van der Waals surface area contributed by atoms with Crippen molar-refractivity contribution in [3.63, 3.8) is 0 Å². The number of hydrogen-bond donors (Lipinski definition) is 0. The summed E-state index contributed by atoms with van der Waals surface area (Å²) < 4.78 is 0. The van der Waals surface area contributed by atoms with E-state index in [0.717, 1.165) is 12.1 Å². The maximum absolute atomic E-state index is 2.53. The molecule has 2 atom stereocenters. The number of piperazine rings is 1. The maximum Gasteiger partial charge on any atom is 0.0311 e. The standard InChI is InChI=1S/C10H22N2S2/c1-11-5-10(8-14-4)12(2)6-9(11)7-13-3/h9-10H,5-8H2,1-4H3/t9-,10-/m1/s1. The molecular formula is C10H22N2S2. The molecule has 4 heteroatoms. The quantitative estimate of drug-likeness (QED) is 0.723. The van der Waals surface area contributed by atoms with Gasteiger partial charge in [-0.15, -0.1) is 0 Å². The van der Waals surface area contributed by atoms with Gasteiger partial charge < -0.3 is 0 Å². The molecule has 14 heavy (non-hydrogen) atoms. The summed E-state index contributed by atoms with van der Waals surface area (Å²) in [4.78, 5) is 5.05. The topological polar surface area (TPSA) is 6.48 Å². The van der Waals surface area contributed by atoms with E-state index < -0.39 is 0 Å². The minimum absolute atomic E-state index is 0.744. The Morgan fingerprint density at radius 1 is 0.929 bits per heavy atom. The smallest absolute Gasteiger partial charge is 0.0311 e. The van der Waals surface area contributed by atoms with Gasteiger partial charge in [0, 0.05) is 36.7 Å². The molecule has 0 amide bonds. The van der Waals surface area contributed by atoms with Crippen LogP contribution in [0.4, 0.5) is 0 Å². The van der Waals surface area contributed by atoms with Crippen LogP contribution in [0.2, 0.25) is 0 Å². The second-order valence-corrected chi connectivity index (χ2v) is 5.92. The third-order valence-corrected chi connectivity index (χ3v) is 4.40. The Labute approximate surface area is 96.8 Å². The van der Waals surface area contributed by atoms with Crippen molar-refractivity contribution in [1.29, 1.82) is 0 Å². The second-order valence-electron chi connectivity index (χ2n) is 4.10. The van der Waals surface area contributed by atoms with E-state index in [2.05, 4.69) is 36.4 Å². The Kier molecular flexibility index (Phi) is 5.67. The molecule has 1 saturated heterocycles. The van der Waals surface area contributed by atoms with Crippen LogP contribution in [0.1, 0.15) is 0 Å². The number of nitrogens with zero attached hydrogens (tertiary/aromatic N) is 2. The van der Waals surface area contributed by atoms with Crippen LogP contribution < -0.4 is 0 Å². The number of thioether (sulfide) groups is 2. The van der Waals surface area contributed by atoms with Gasteiger partial charge in [0.1, 0.15) is 0 Å². The van der Waals surface area contributed by atoms with E-state index >= 15 is 0 Å². The summed E-state index contributed by atoms with van der Waals surface area (Å²) in [5.41, 5.74) is 0. The minimum atomic E-state index is 0.744. The molecular weight excluding hydrogens is 212 g/mol. The molecule has 0 saturated carbocycles. The van der Waals surface area contributed by atoms with Gasteiger partial charge in [0.05, 0.1) is 0 Å². The molecule has 1 fully saturated rings. The van der Waals surface area contributed by atoms with E-state index in [1.54, 1.807) is 0 Å². The predicted octanol–water partition coefficient (Wildman–Crippen LogP) is 1.33. The minimum Gasteiger partial charge on any atom is -0.300 e. The number of hydrogen-bond acceptors (Lipinski definition) is 4. The van der Waals surface area contributed by atoms with E-state index in [1.807, 2.05) is 23.5 Å². The van der Waals surface area contributed by atoms with Crippen molar-refractivity contribution in [3.05, 3.63) is 0 Å². The Balaban J connectivity index is 2.44. The first kappa shape index (κ1) is 12.7. The summed E-state index contributed by atoms with van der Waals surface area (Å²) in [6, 6.07) is 1.49. The highest BCUT2D eigenvalue weighted by atomic mass is 32.2. The molecule has 0 unspecified atom stereocenters. The number of likely N-dealkylation sites (N-methyl/N-ethyl adjacent to an activating group) is 2. The summed E-state index contributed by atoms with van der Waals surface area (Å²) in [5.74, 6) is 2.51. The van der Waals surface area contributed by atoms with E-state index in [1.165, 1.54) is 24.6 Å². The van der Waals surface area contributed by atoms with E-state index in [9.17, 15) is 0 Å². The molecule has 2 nitrogen and oxygen atoms in total. The largest absolute Gasteiger partial charge is 0.300 e. The molecule has 0 N–H and O–H groups in total. The summed E-state index contributed by atoms with van der Waals surface area (Å²) >= 11 is 3.91. The summed E-state index contributed by atoms with van der Waals surface area (Å²) in [6.45, 7) is 2.45. The first-order valence-electron chi connectivity index (χ1n) is 5.07. The first-order valence-corrected chi connectivity index (χ1v) is 7.86. The Bertz CT molecular complexity index is 148. The highest BCUT2D eigenvalue weighted by Crippen LogP contribution is 2.17. The molecule has 0 aromatic carbocycles. The van der Waals surface area contributed by atoms with Crippen molar-refractivity contribution in [2.75, 3.05) is 51.2 Å². The van der Waals surface area contributed by atoms with E-state index in [-0.39, 0.29) is 0 Å². The van der Waals surface area contributed by atoms with Crippen LogP contribution in [0.15, 0.2) is 0 Å². The van der Waals surface area contributed by atoms with Crippen LogP contribution in [-0.2, 0) is 0 Å². The van der Waals surface area contributed by atoms with Crippen molar-refractivity contribution in [2.24, 2.45) is 0 Å². The van der Waals surface area contributed by atoms with Gasteiger partial charge >= 0.3 is 0 Å². The van der Waals surface area contributed by atoms with Crippen LogP contribution in [0.3, 0.4) is 0 Å². The van der Waals surface area contributed by atoms with Crippen LogP contribution in [0.25, 0.3) is 0 Å². The van der Waals surface area contributed by atoms with Crippen LogP contribution >= 0.6 is 23.5 Å². The third-order valence-electron chi connectivity index (χ3n) is 2.96. The van der Waals surface area contributed by atoms with Crippen LogP contribution in [-0.4, -0.2) is 73.1 Å². The lowest BCUT2D eigenvalue weighted by molar-refractivity contribution is 0.0847. The maximum atomic E-state index is 2.53. The highest BCUT2D eigenvalue weighted by molar-refractivity contribution is 7.98. The molecule has 0 aromatic rings. The molecule has 1 aliphatic heterocycles. The summed E-state index contributed by atoms with van der Waals surface area (Å²) in [7, 11) is 4.53. The van der Waals surface area contributed by atoms with E-state index in [0.29, 0.717) is 0 Å². The zero-order valence-corrected chi connectivity index (χ0v) is 11.3. The lowest BCUT2D eigenvalue weighted by Gasteiger charge is -2.43. The Hall–Kier alpha value is 0.620. The predicted molar refractivity (Wildman–Crippen MR) is 69.6 cm³/mol. The lowest BCUT2D eigenvalue weighted by atomic mass is 10.1. The molecule has 84 valence electrons. The Morgan fingerprint density at radius 3 is 1.57 bits per heavy atom. The molecule has 0 aliphatic carbocycles. The average Bonchev–Trinajstić information content (AvgIpc) is 2.14. The van der Waals surface area contributed by atoms with Gasteiger partial charge in [-0.2, -0.15) is 23.5 Å². The van der Waals surface area contributed by atoms with E-state index in [4.69, 9.17) is 0 Å². The van der Waals surface area contributed by atoms with Gasteiger partial charge in [0.15, 0.2) is 0 Å². The van der Waals surface area contributed by atoms with Gasteiger partial charge in [-0.05, 0) is 26.6 Å². The van der Waals surface area contributed by atoms with Crippen molar-refractivity contribution < 1.29 is 0 Å². The van der Waals surface area contributed by atoms with Gasteiger partial charge in [-0.3, -0.25) is 9.80 Å². The van der Waals surface area contributed by atoms with Crippen LogP contribution in [0, 0.1) is 0 Å². The fourth-order valence-corrected chi connectivity index (χ4v) is 3.48. The van der Waals surface area contributed by atoms with Crippen molar-refractivity contribution in [3.8, 4) is 0 Å². The SMILES string of the molecule is CSC[C@H]1CN(C)[C@@H](CSC)CN1C. The summed E-state index contributed by atoms with van der Waals surface area (Å²) in [5, 5.41) is 0. The molecule has 0 radical (unpaired) electrons. The molecule has 0 aromatic heterocycles. The van der Waals surface area contributed by atoms with Gasteiger partial charge in [0.2, 0.25) is 0 Å². The Morgan fingerprint density at radius 2 is 1.29 bits per heavy atom. The normalized spacial score (nSPS) is 30.9. The second kappa shape index (κ2) is 6.26. The zero-order chi connectivity index (χ0) is 10.6. The highest BCUT2D eigenvalue weighted by Gasteiger charge is 2.28. The molecule has 1 aliphatic rings. The van der Waals surface area contributed by atoms with Gasteiger partial charge in [-0.1, -0.05) is 0 Å². The van der Waals surface area contributed by atoms with Crippen molar-refractivity contribution in [2.45, 2.75) is 12.1 Å². The van der Waals surface area contributed by atoms with Crippen molar-refractivity contribution >= 4 is 23.5 Å². The fraction of sp³-hybridized carbons (Fsp3) is 1.00. The molecule has 0 bridgehead atoms. The molecule has 1 rings (SSSR count). The monoisotopic (exact) mass is 234 g/mol. The first-order chi connectivity index (χ1) is 6.69. The number of rotatable bonds is 4. The van der Waals surface area contributed by atoms with Crippen LogP contribution in [0.5, 0.6) is 0 Å². The lowest BCUT2D eigenvalue weighted by Crippen LogP contribution is -2.57. The van der Waals surface area contributed by atoms with Gasteiger partial charge in [-0.25, -0.2) is 0 Å². The molecule has 1 heterocycles. The van der Waals surface area contributed by atoms with Gasteiger partial charge in [0.25, 0.3) is 0 Å².